The zero-order valence-electron chi connectivity index (χ0n) is 6.62. The number of rotatable bonds is 2. The first kappa shape index (κ1) is 9.47. The van der Waals surface area contributed by atoms with Crippen LogP contribution in [0.15, 0.2) is 18.2 Å². The van der Waals surface area contributed by atoms with E-state index >= 15 is 0 Å². The Balaban J connectivity index is 3.03. The Kier molecular flexibility index (Phi) is 2.48. The molecule has 0 saturated heterocycles. The van der Waals surface area contributed by atoms with Crippen LogP contribution >= 0.6 is 0 Å². The molecule has 0 saturated carbocycles. The molecule has 13 heavy (non-hydrogen) atoms. The lowest BCUT2D eigenvalue weighted by Gasteiger charge is -2.06. The molecule has 1 radical (unpaired) electrons. The van der Waals surface area contributed by atoms with E-state index in [1.165, 1.54) is 6.07 Å². The molecule has 1 amide bonds. The van der Waals surface area contributed by atoms with Crippen LogP contribution in [-0.2, 0) is 4.79 Å². The first-order valence-electron chi connectivity index (χ1n) is 3.52. The van der Waals surface area contributed by atoms with Crippen LogP contribution in [-0.4, -0.2) is 11.0 Å². The summed E-state index contributed by atoms with van der Waals surface area (Å²) in [7, 11) is 0. The van der Waals surface area contributed by atoms with Crippen molar-refractivity contribution in [1.82, 2.24) is 5.73 Å². The van der Waals surface area contributed by atoms with E-state index in [9.17, 15) is 9.18 Å². The maximum absolute atomic E-state index is 12.7. The molecular weight excluding hydrogens is 175 g/mol. The standard InChI is InChI=1S/C8H8FN2O2/c9-5-3-4(1-2-6(5)12)7(10)8(11)13/h1-3,7,11-12H,10H2. The second kappa shape index (κ2) is 3.40. The molecule has 1 aromatic carbocycles. The molecule has 0 spiro atoms. The average molecular weight is 183 g/mol. The van der Waals surface area contributed by atoms with Crippen molar-refractivity contribution in [2.24, 2.45) is 5.73 Å². The van der Waals surface area contributed by atoms with E-state index in [-0.39, 0.29) is 5.56 Å². The Hall–Kier alpha value is -1.62. The van der Waals surface area contributed by atoms with Gasteiger partial charge in [-0.2, -0.15) is 0 Å². The normalized spacial score (nSPS) is 12.5. The Labute approximate surface area is 74.0 Å². The number of hydrogen-bond donors (Lipinski definition) is 2. The highest BCUT2D eigenvalue weighted by atomic mass is 19.1. The Bertz CT molecular complexity index is 341. The van der Waals surface area contributed by atoms with Crippen LogP contribution in [0.3, 0.4) is 0 Å². The Morgan fingerprint density at radius 3 is 2.69 bits per heavy atom. The van der Waals surface area contributed by atoms with Crippen molar-refractivity contribution in [2.45, 2.75) is 6.04 Å². The molecule has 0 aromatic heterocycles. The van der Waals surface area contributed by atoms with Gasteiger partial charge in [-0.25, -0.2) is 4.39 Å². The smallest absolute Gasteiger partial charge is 0.259 e. The van der Waals surface area contributed by atoms with Crippen LogP contribution in [0.25, 0.3) is 0 Å². The fourth-order valence-electron chi connectivity index (χ4n) is 0.868. The summed E-state index contributed by atoms with van der Waals surface area (Å²) in [6, 6.07) is 2.17. The largest absolute Gasteiger partial charge is 0.505 e. The van der Waals surface area contributed by atoms with Crippen molar-refractivity contribution in [3.63, 3.8) is 0 Å². The first-order chi connectivity index (χ1) is 6.02. The van der Waals surface area contributed by atoms with Crippen molar-refractivity contribution in [3.8, 4) is 5.75 Å². The van der Waals surface area contributed by atoms with E-state index in [0.717, 1.165) is 12.1 Å². The fraction of sp³-hybridized carbons (Fsp3) is 0.125. The highest BCUT2D eigenvalue weighted by molar-refractivity contribution is 5.80. The Morgan fingerprint density at radius 1 is 1.62 bits per heavy atom. The van der Waals surface area contributed by atoms with Gasteiger partial charge in [0.2, 0.25) is 0 Å². The molecule has 1 unspecified atom stereocenters. The number of phenolic OH excluding ortho intramolecular Hbond substituents is 1. The SMILES string of the molecule is [NH]C(=O)C(N)c1ccc(O)c(F)c1. The van der Waals surface area contributed by atoms with Gasteiger partial charge < -0.3 is 10.8 Å². The zero-order valence-corrected chi connectivity index (χ0v) is 6.62. The van der Waals surface area contributed by atoms with E-state index in [1.54, 1.807) is 0 Å². The number of amides is 1. The van der Waals surface area contributed by atoms with Crippen molar-refractivity contribution in [2.75, 3.05) is 0 Å². The number of carbonyl (C=O) groups is 1. The summed E-state index contributed by atoms with van der Waals surface area (Å²) >= 11 is 0. The van der Waals surface area contributed by atoms with Gasteiger partial charge in [-0.1, -0.05) is 6.07 Å². The monoisotopic (exact) mass is 183 g/mol. The van der Waals surface area contributed by atoms with Gasteiger partial charge in [0.05, 0.1) is 0 Å². The number of carbonyl (C=O) groups excluding carboxylic acids is 1. The van der Waals surface area contributed by atoms with Gasteiger partial charge in [0.1, 0.15) is 6.04 Å². The van der Waals surface area contributed by atoms with Gasteiger partial charge >= 0.3 is 0 Å². The zero-order chi connectivity index (χ0) is 10.0. The second-order valence-corrected chi connectivity index (χ2v) is 2.55. The summed E-state index contributed by atoms with van der Waals surface area (Å²) in [6.07, 6.45) is 0. The third-order valence-corrected chi connectivity index (χ3v) is 1.61. The van der Waals surface area contributed by atoms with Crippen molar-refractivity contribution in [3.05, 3.63) is 29.6 Å². The molecule has 69 valence electrons. The van der Waals surface area contributed by atoms with E-state index in [4.69, 9.17) is 16.6 Å². The molecule has 0 aliphatic rings. The summed E-state index contributed by atoms with van der Waals surface area (Å²) in [4.78, 5) is 10.5. The lowest BCUT2D eigenvalue weighted by molar-refractivity contribution is -0.120. The number of hydrogen-bond acceptors (Lipinski definition) is 3. The van der Waals surface area contributed by atoms with E-state index < -0.39 is 23.5 Å². The van der Waals surface area contributed by atoms with E-state index in [0.29, 0.717) is 0 Å². The topological polar surface area (TPSA) is 87.1 Å². The average Bonchev–Trinajstić information content (AvgIpc) is 2.08. The molecule has 4 N–H and O–H groups in total. The number of aromatic hydroxyl groups is 1. The summed E-state index contributed by atoms with van der Waals surface area (Å²) in [6.45, 7) is 0. The fourth-order valence-corrected chi connectivity index (χ4v) is 0.868. The van der Waals surface area contributed by atoms with Crippen molar-refractivity contribution >= 4 is 5.91 Å². The van der Waals surface area contributed by atoms with Crippen LogP contribution in [0.5, 0.6) is 5.75 Å². The first-order valence-corrected chi connectivity index (χ1v) is 3.52. The summed E-state index contributed by atoms with van der Waals surface area (Å²) in [5, 5.41) is 8.82. The molecular formula is C8H8FN2O2. The van der Waals surface area contributed by atoms with Crippen LogP contribution < -0.4 is 11.5 Å². The molecule has 0 aliphatic heterocycles. The molecule has 1 aromatic rings. The minimum atomic E-state index is -1.16. The highest BCUT2D eigenvalue weighted by Crippen LogP contribution is 2.19. The third-order valence-electron chi connectivity index (χ3n) is 1.61. The molecule has 0 bridgehead atoms. The highest BCUT2D eigenvalue weighted by Gasteiger charge is 2.14. The molecule has 0 heterocycles. The molecule has 0 fully saturated rings. The number of nitrogens with two attached hydrogens (primary N) is 1. The van der Waals surface area contributed by atoms with E-state index in [1.807, 2.05) is 0 Å². The minimum absolute atomic E-state index is 0.176. The minimum Gasteiger partial charge on any atom is -0.505 e. The summed E-state index contributed by atoms with van der Waals surface area (Å²) < 4.78 is 12.7. The predicted octanol–water partition coefficient (Wildman–Crippen LogP) is 0.341. The van der Waals surface area contributed by atoms with Gasteiger partial charge in [-0.05, 0) is 17.7 Å². The lowest BCUT2D eigenvalue weighted by atomic mass is 10.1. The van der Waals surface area contributed by atoms with Gasteiger partial charge in [0.25, 0.3) is 5.91 Å². The van der Waals surface area contributed by atoms with Crippen molar-refractivity contribution in [1.29, 1.82) is 0 Å². The molecule has 5 heteroatoms. The second-order valence-electron chi connectivity index (χ2n) is 2.55. The summed E-state index contributed by atoms with van der Waals surface area (Å²) in [5.41, 5.74) is 12.1. The van der Waals surface area contributed by atoms with Crippen LogP contribution in [0.2, 0.25) is 0 Å². The quantitative estimate of drug-likeness (QED) is 0.693. The van der Waals surface area contributed by atoms with Gasteiger partial charge in [-0.15, -0.1) is 0 Å². The van der Waals surface area contributed by atoms with Crippen LogP contribution in [0, 0.1) is 5.82 Å². The maximum atomic E-state index is 12.7. The van der Waals surface area contributed by atoms with Gasteiger partial charge in [0.15, 0.2) is 11.6 Å². The third kappa shape index (κ3) is 1.94. The van der Waals surface area contributed by atoms with Crippen LogP contribution in [0.4, 0.5) is 4.39 Å². The number of nitrogens with one attached hydrogen (secondary N) is 1. The summed E-state index contributed by atoms with van der Waals surface area (Å²) in [5.74, 6) is -2.35. The molecule has 1 atom stereocenters. The molecule has 0 aliphatic carbocycles. The number of phenols is 1. The lowest BCUT2D eigenvalue weighted by Crippen LogP contribution is -2.21. The maximum Gasteiger partial charge on any atom is 0.259 e. The number of benzene rings is 1. The van der Waals surface area contributed by atoms with Gasteiger partial charge in [-0.3, -0.25) is 10.5 Å². The number of halogens is 1. The Morgan fingerprint density at radius 2 is 2.23 bits per heavy atom. The molecule has 4 nitrogen and oxygen atoms in total. The predicted molar refractivity (Wildman–Crippen MR) is 43.1 cm³/mol. The van der Waals surface area contributed by atoms with Crippen molar-refractivity contribution < 1.29 is 14.3 Å². The molecule has 1 rings (SSSR count). The van der Waals surface area contributed by atoms with E-state index in [2.05, 4.69) is 0 Å². The van der Waals surface area contributed by atoms with Gasteiger partial charge in [0, 0.05) is 0 Å². The van der Waals surface area contributed by atoms with Crippen LogP contribution in [0.1, 0.15) is 11.6 Å².